The number of halogens is 2. The second-order valence-electron chi connectivity index (χ2n) is 4.21. The Labute approximate surface area is 117 Å². The number of alkyl halides is 1. The quantitative estimate of drug-likeness (QED) is 0.783. The average Bonchev–Trinajstić information content (AvgIpc) is 3.10. The number of pyridine rings is 1. The lowest BCUT2D eigenvalue weighted by Gasteiger charge is -2.07. The zero-order valence-electron chi connectivity index (χ0n) is 9.11. The maximum Gasteiger partial charge on any atom is 0.153 e. The molecule has 17 heavy (non-hydrogen) atoms. The fourth-order valence-electron chi connectivity index (χ4n) is 1.96. The van der Waals surface area contributed by atoms with Crippen molar-refractivity contribution in [2.24, 2.45) is 0 Å². The Kier molecular flexibility index (Phi) is 3.04. The summed E-state index contributed by atoms with van der Waals surface area (Å²) < 4.78 is 2.96. The minimum atomic E-state index is 0.662. The summed E-state index contributed by atoms with van der Waals surface area (Å²) in [6, 6.07) is 3.98. The molecule has 1 fully saturated rings. The maximum atomic E-state index is 4.46. The summed E-state index contributed by atoms with van der Waals surface area (Å²) in [7, 11) is 0. The van der Waals surface area contributed by atoms with Gasteiger partial charge in [-0.15, -0.1) is 0 Å². The van der Waals surface area contributed by atoms with Gasteiger partial charge >= 0.3 is 0 Å². The summed E-state index contributed by atoms with van der Waals surface area (Å²) in [5.41, 5.74) is 2.59. The van der Waals surface area contributed by atoms with Gasteiger partial charge in [-0.3, -0.25) is 0 Å². The molecule has 5 heteroatoms. The van der Waals surface area contributed by atoms with Gasteiger partial charge in [-0.1, -0.05) is 15.9 Å². The van der Waals surface area contributed by atoms with Gasteiger partial charge < -0.3 is 0 Å². The standard InChI is InChI=1S/C12H11Br2N3/c13-5-9-6-16-17(12(9)8-1-2-8)11-4-3-10(14)7-15-11/h3-4,6-8H,1-2,5H2. The predicted molar refractivity (Wildman–Crippen MR) is 73.7 cm³/mol. The molecule has 0 aliphatic heterocycles. The van der Waals surface area contributed by atoms with Crippen LogP contribution >= 0.6 is 31.9 Å². The molecule has 0 bridgehead atoms. The average molecular weight is 357 g/mol. The van der Waals surface area contributed by atoms with Crippen molar-refractivity contribution in [3.63, 3.8) is 0 Å². The molecule has 0 spiro atoms. The highest BCUT2D eigenvalue weighted by Gasteiger charge is 2.30. The van der Waals surface area contributed by atoms with Crippen LogP contribution in [0.1, 0.15) is 30.0 Å². The van der Waals surface area contributed by atoms with Gasteiger partial charge in [0.2, 0.25) is 0 Å². The van der Waals surface area contributed by atoms with E-state index in [2.05, 4.69) is 41.9 Å². The summed E-state index contributed by atoms with van der Waals surface area (Å²) in [6.45, 7) is 0. The van der Waals surface area contributed by atoms with Gasteiger partial charge in [0, 0.05) is 27.5 Å². The van der Waals surface area contributed by atoms with Gasteiger partial charge in [-0.25, -0.2) is 9.67 Å². The second-order valence-corrected chi connectivity index (χ2v) is 5.69. The van der Waals surface area contributed by atoms with Crippen LogP contribution in [0.25, 0.3) is 5.82 Å². The summed E-state index contributed by atoms with van der Waals surface area (Å²) >= 11 is 6.92. The zero-order chi connectivity index (χ0) is 11.8. The number of rotatable bonds is 3. The lowest BCUT2D eigenvalue weighted by Crippen LogP contribution is -2.04. The second kappa shape index (κ2) is 4.53. The van der Waals surface area contributed by atoms with E-state index in [1.165, 1.54) is 24.1 Å². The molecule has 0 amide bonds. The minimum absolute atomic E-state index is 0.662. The third-order valence-electron chi connectivity index (χ3n) is 2.92. The van der Waals surface area contributed by atoms with Crippen LogP contribution in [0.4, 0.5) is 0 Å². The van der Waals surface area contributed by atoms with E-state index < -0.39 is 0 Å². The van der Waals surface area contributed by atoms with E-state index in [0.29, 0.717) is 5.92 Å². The molecule has 2 heterocycles. The monoisotopic (exact) mass is 355 g/mol. The first-order chi connectivity index (χ1) is 8.29. The van der Waals surface area contributed by atoms with Crippen LogP contribution in [0.3, 0.4) is 0 Å². The highest BCUT2D eigenvalue weighted by atomic mass is 79.9. The SMILES string of the molecule is BrCc1cnn(-c2ccc(Br)cn2)c1C1CC1. The molecule has 3 rings (SSSR count). The van der Waals surface area contributed by atoms with E-state index in [9.17, 15) is 0 Å². The van der Waals surface area contributed by atoms with E-state index in [4.69, 9.17) is 0 Å². The van der Waals surface area contributed by atoms with E-state index in [1.54, 1.807) is 0 Å². The predicted octanol–water partition coefficient (Wildman–Crippen LogP) is 3.80. The first-order valence-corrected chi connectivity index (χ1v) is 7.45. The minimum Gasteiger partial charge on any atom is -0.236 e. The van der Waals surface area contributed by atoms with Gasteiger partial charge in [0.25, 0.3) is 0 Å². The Morgan fingerprint density at radius 1 is 1.29 bits per heavy atom. The molecule has 0 N–H and O–H groups in total. The van der Waals surface area contributed by atoms with Crippen molar-refractivity contribution in [2.75, 3.05) is 0 Å². The van der Waals surface area contributed by atoms with E-state index >= 15 is 0 Å². The first-order valence-electron chi connectivity index (χ1n) is 5.54. The summed E-state index contributed by atoms with van der Waals surface area (Å²) in [4.78, 5) is 4.41. The van der Waals surface area contributed by atoms with Crippen LogP contribution in [0.2, 0.25) is 0 Å². The molecule has 0 unspecified atom stereocenters. The van der Waals surface area contributed by atoms with Gasteiger partial charge in [0.15, 0.2) is 5.82 Å². The third-order valence-corrected chi connectivity index (χ3v) is 4.00. The Hall–Kier alpha value is -0.680. The zero-order valence-corrected chi connectivity index (χ0v) is 12.3. The molecule has 88 valence electrons. The largest absolute Gasteiger partial charge is 0.236 e. The number of hydrogen-bond acceptors (Lipinski definition) is 2. The molecule has 3 nitrogen and oxygen atoms in total. The molecule has 0 atom stereocenters. The Morgan fingerprint density at radius 3 is 2.71 bits per heavy atom. The molecule has 0 saturated heterocycles. The normalized spacial score (nSPS) is 15.2. The third kappa shape index (κ3) is 2.18. The van der Waals surface area contributed by atoms with E-state index in [-0.39, 0.29) is 0 Å². The van der Waals surface area contributed by atoms with Crippen molar-refractivity contribution >= 4 is 31.9 Å². The van der Waals surface area contributed by atoms with Crippen LogP contribution in [0.5, 0.6) is 0 Å². The van der Waals surface area contributed by atoms with Gasteiger partial charge in [0.1, 0.15) is 0 Å². The van der Waals surface area contributed by atoms with Crippen molar-refractivity contribution in [1.82, 2.24) is 14.8 Å². The van der Waals surface area contributed by atoms with Crippen molar-refractivity contribution in [3.8, 4) is 5.82 Å². The highest BCUT2D eigenvalue weighted by Crippen LogP contribution is 2.42. The van der Waals surface area contributed by atoms with Crippen molar-refractivity contribution < 1.29 is 0 Å². The van der Waals surface area contributed by atoms with E-state index in [0.717, 1.165) is 15.6 Å². The van der Waals surface area contributed by atoms with E-state index in [1.807, 2.05) is 29.2 Å². The highest BCUT2D eigenvalue weighted by molar-refractivity contribution is 9.10. The molecular formula is C12H11Br2N3. The van der Waals surface area contributed by atoms with Gasteiger partial charge in [0.05, 0.1) is 11.9 Å². The first kappa shape index (κ1) is 11.4. The Bertz CT molecular complexity index is 529. The number of aromatic nitrogens is 3. The fraction of sp³-hybridized carbons (Fsp3) is 0.333. The van der Waals surface area contributed by atoms with Crippen molar-refractivity contribution in [3.05, 3.63) is 40.3 Å². The summed E-state index contributed by atoms with van der Waals surface area (Å²) in [6.07, 6.45) is 6.28. The van der Waals surface area contributed by atoms with Crippen molar-refractivity contribution in [1.29, 1.82) is 0 Å². The lowest BCUT2D eigenvalue weighted by molar-refractivity contribution is 0.781. The molecule has 0 radical (unpaired) electrons. The molecule has 2 aromatic rings. The lowest BCUT2D eigenvalue weighted by atomic mass is 10.2. The Morgan fingerprint density at radius 2 is 2.12 bits per heavy atom. The number of nitrogens with zero attached hydrogens (tertiary/aromatic N) is 3. The fourth-order valence-corrected chi connectivity index (χ4v) is 2.63. The topological polar surface area (TPSA) is 30.7 Å². The summed E-state index contributed by atoms with van der Waals surface area (Å²) in [5, 5.41) is 5.31. The molecule has 0 aromatic carbocycles. The van der Waals surface area contributed by atoms with Gasteiger partial charge in [-0.05, 0) is 40.9 Å². The molecule has 1 aliphatic carbocycles. The summed E-state index contributed by atoms with van der Waals surface area (Å²) in [5.74, 6) is 1.55. The maximum absolute atomic E-state index is 4.46. The smallest absolute Gasteiger partial charge is 0.153 e. The van der Waals surface area contributed by atoms with Crippen LogP contribution in [0, 0.1) is 0 Å². The van der Waals surface area contributed by atoms with Gasteiger partial charge in [-0.2, -0.15) is 5.10 Å². The molecule has 1 saturated carbocycles. The van der Waals surface area contributed by atoms with Crippen LogP contribution < -0.4 is 0 Å². The van der Waals surface area contributed by atoms with Crippen LogP contribution in [-0.4, -0.2) is 14.8 Å². The molecule has 1 aliphatic rings. The van der Waals surface area contributed by atoms with Crippen molar-refractivity contribution in [2.45, 2.75) is 24.1 Å². The molecular weight excluding hydrogens is 346 g/mol. The van der Waals surface area contributed by atoms with Crippen LogP contribution in [0.15, 0.2) is 29.0 Å². The molecule has 2 aromatic heterocycles. The number of hydrogen-bond donors (Lipinski definition) is 0. The van der Waals surface area contributed by atoms with Crippen LogP contribution in [-0.2, 0) is 5.33 Å². The Balaban J connectivity index is 2.07.